The summed E-state index contributed by atoms with van der Waals surface area (Å²) in [7, 11) is 2.08. The van der Waals surface area contributed by atoms with Crippen LogP contribution < -0.4 is 19.7 Å². The smallest absolute Gasteiger partial charge is 0.272 e. The van der Waals surface area contributed by atoms with E-state index >= 15 is 0 Å². The number of rotatable bonds is 9. The Morgan fingerprint density at radius 3 is 2.74 bits per heavy atom. The molecule has 2 saturated heterocycles. The lowest BCUT2D eigenvalue weighted by Gasteiger charge is -2.42. The molecule has 1 amide bonds. The van der Waals surface area contributed by atoms with Crippen molar-refractivity contribution in [2.45, 2.75) is 64.1 Å². The fourth-order valence-corrected chi connectivity index (χ4v) is 6.46. The van der Waals surface area contributed by atoms with Crippen LogP contribution in [-0.4, -0.2) is 72.3 Å². The number of piperidine rings is 1. The van der Waals surface area contributed by atoms with Crippen molar-refractivity contribution in [1.82, 2.24) is 20.2 Å². The minimum atomic E-state index is -0.148. The maximum atomic E-state index is 13.9. The van der Waals surface area contributed by atoms with Crippen molar-refractivity contribution in [3.05, 3.63) is 65.5 Å². The molecule has 43 heavy (non-hydrogen) atoms. The monoisotopic (exact) mass is 580 g/mol. The molecule has 3 aliphatic rings. The average molecular weight is 581 g/mol. The highest BCUT2D eigenvalue weighted by atomic mass is 16.5. The van der Waals surface area contributed by atoms with Gasteiger partial charge in [0.05, 0.1) is 29.1 Å². The SMILES string of the molecule is CCOc1ncccc1-c1ccc(N2CC[C@H](Oc3ccc(C)cc3C#N)C[C@@H]2C2CC2)c(C(=O)N[C@@H]2CCN(C)C2)n1. The number of nitriles is 1. The van der Waals surface area contributed by atoms with E-state index in [0.717, 1.165) is 68.6 Å². The number of nitrogens with zero attached hydrogens (tertiary/aromatic N) is 5. The molecule has 1 N–H and O–H groups in total. The molecular weight excluding hydrogens is 540 g/mol. The molecule has 1 saturated carbocycles. The molecule has 0 bridgehead atoms. The van der Waals surface area contributed by atoms with Crippen LogP contribution in [0.15, 0.2) is 48.7 Å². The molecule has 0 radical (unpaired) electrons. The number of pyridine rings is 2. The molecule has 4 heterocycles. The number of carbonyl (C=O) groups excluding carboxylic acids is 1. The van der Waals surface area contributed by atoms with Crippen molar-refractivity contribution >= 4 is 11.6 Å². The summed E-state index contributed by atoms with van der Waals surface area (Å²) >= 11 is 0. The first kappa shape index (κ1) is 28.9. The number of benzene rings is 1. The minimum absolute atomic E-state index is 0.000616. The first-order chi connectivity index (χ1) is 20.9. The number of amides is 1. The summed E-state index contributed by atoms with van der Waals surface area (Å²) in [6.07, 6.45) is 6.57. The van der Waals surface area contributed by atoms with Crippen LogP contribution in [0, 0.1) is 24.2 Å². The zero-order chi connectivity index (χ0) is 29.9. The lowest BCUT2D eigenvalue weighted by Crippen LogP contribution is -2.48. The highest BCUT2D eigenvalue weighted by Gasteiger charge is 2.41. The van der Waals surface area contributed by atoms with Crippen molar-refractivity contribution in [3.8, 4) is 29.0 Å². The maximum Gasteiger partial charge on any atom is 0.272 e. The first-order valence-corrected chi connectivity index (χ1v) is 15.5. The van der Waals surface area contributed by atoms with Crippen LogP contribution in [0.4, 0.5) is 5.69 Å². The summed E-state index contributed by atoms with van der Waals surface area (Å²) in [6, 6.07) is 16.2. The maximum absolute atomic E-state index is 13.9. The lowest BCUT2D eigenvalue weighted by atomic mass is 9.94. The number of likely N-dealkylation sites (tertiary alicyclic amines) is 1. The van der Waals surface area contributed by atoms with Gasteiger partial charge in [-0.05, 0) is 94.6 Å². The highest BCUT2D eigenvalue weighted by Crippen LogP contribution is 2.43. The normalized spacial score (nSPS) is 22.2. The largest absolute Gasteiger partial charge is 0.489 e. The van der Waals surface area contributed by atoms with Crippen molar-refractivity contribution in [2.24, 2.45) is 5.92 Å². The van der Waals surface area contributed by atoms with Gasteiger partial charge < -0.3 is 24.6 Å². The predicted octanol–water partition coefficient (Wildman–Crippen LogP) is 4.98. The summed E-state index contributed by atoms with van der Waals surface area (Å²) in [4.78, 5) is 28.0. The molecule has 1 aromatic carbocycles. The van der Waals surface area contributed by atoms with Gasteiger partial charge in [-0.15, -0.1) is 0 Å². The van der Waals surface area contributed by atoms with Gasteiger partial charge in [-0.1, -0.05) is 6.07 Å². The predicted molar refractivity (Wildman–Crippen MR) is 165 cm³/mol. The lowest BCUT2D eigenvalue weighted by molar-refractivity contribution is 0.0933. The van der Waals surface area contributed by atoms with Gasteiger partial charge in [0.2, 0.25) is 5.88 Å². The third-order valence-electron chi connectivity index (χ3n) is 8.77. The number of carbonyl (C=O) groups is 1. The fraction of sp³-hybridized carbons (Fsp3) is 0.471. The van der Waals surface area contributed by atoms with Crippen LogP contribution in [0.25, 0.3) is 11.3 Å². The number of hydrogen-bond acceptors (Lipinski definition) is 8. The molecule has 3 aromatic rings. The highest BCUT2D eigenvalue weighted by molar-refractivity contribution is 5.99. The van der Waals surface area contributed by atoms with E-state index in [-0.39, 0.29) is 24.1 Å². The van der Waals surface area contributed by atoms with E-state index < -0.39 is 0 Å². The summed E-state index contributed by atoms with van der Waals surface area (Å²) in [5.41, 5.74) is 4.34. The molecule has 9 heteroatoms. The molecule has 3 fully saturated rings. The number of hydrogen-bond donors (Lipinski definition) is 1. The van der Waals surface area contributed by atoms with Gasteiger partial charge in [-0.25, -0.2) is 9.97 Å². The van der Waals surface area contributed by atoms with E-state index in [4.69, 9.17) is 14.5 Å². The van der Waals surface area contributed by atoms with E-state index in [0.29, 0.717) is 41.1 Å². The standard InChI is InChI=1S/C34H40N6O3/c1-4-42-34-27(6-5-15-36-34)28-10-11-29(32(38-28)33(41)37-25-13-16-39(3)21-25)40-17-14-26(19-30(40)23-8-9-23)43-31-12-7-22(2)18-24(31)20-35/h5-7,10-12,15,18,23,25-26,30H,4,8-9,13-14,16-17,19,21H2,1-3H3,(H,37,41)/t25-,26+,30-/m1/s1. The van der Waals surface area contributed by atoms with Gasteiger partial charge >= 0.3 is 0 Å². The molecule has 2 aromatic heterocycles. The fourth-order valence-electron chi connectivity index (χ4n) is 6.46. The van der Waals surface area contributed by atoms with Crippen LogP contribution in [0.3, 0.4) is 0 Å². The van der Waals surface area contributed by atoms with E-state index in [9.17, 15) is 10.1 Å². The number of aromatic nitrogens is 2. The van der Waals surface area contributed by atoms with Crippen molar-refractivity contribution in [3.63, 3.8) is 0 Å². The van der Waals surface area contributed by atoms with Gasteiger partial charge in [0.15, 0.2) is 5.69 Å². The van der Waals surface area contributed by atoms with Crippen LogP contribution in [0.2, 0.25) is 0 Å². The van der Waals surface area contributed by atoms with Crippen molar-refractivity contribution in [1.29, 1.82) is 5.26 Å². The third kappa shape index (κ3) is 6.45. The van der Waals surface area contributed by atoms with Gasteiger partial charge in [0.1, 0.15) is 17.9 Å². The molecule has 0 spiro atoms. The molecule has 2 aliphatic heterocycles. The molecule has 0 unspecified atom stereocenters. The second kappa shape index (κ2) is 12.6. The Kier molecular flexibility index (Phi) is 8.48. The Bertz CT molecular complexity index is 1520. The second-order valence-corrected chi connectivity index (χ2v) is 12.0. The summed E-state index contributed by atoms with van der Waals surface area (Å²) in [5, 5.41) is 12.9. The van der Waals surface area contributed by atoms with Crippen LogP contribution in [0.5, 0.6) is 11.6 Å². The number of ether oxygens (including phenoxy) is 2. The Balaban J connectivity index is 1.31. The Morgan fingerprint density at radius 1 is 1.14 bits per heavy atom. The van der Waals surface area contributed by atoms with Crippen molar-refractivity contribution < 1.29 is 14.3 Å². The van der Waals surface area contributed by atoms with Crippen LogP contribution in [-0.2, 0) is 0 Å². The Morgan fingerprint density at radius 2 is 2.00 bits per heavy atom. The second-order valence-electron chi connectivity index (χ2n) is 12.0. The van der Waals surface area contributed by atoms with Gasteiger partial charge in [0, 0.05) is 44.2 Å². The number of anilines is 1. The zero-order valence-electron chi connectivity index (χ0n) is 25.3. The summed E-state index contributed by atoms with van der Waals surface area (Å²) in [6.45, 7) is 6.93. The zero-order valence-corrected chi connectivity index (χ0v) is 25.3. The van der Waals surface area contributed by atoms with Crippen LogP contribution >= 0.6 is 0 Å². The average Bonchev–Trinajstić information content (AvgIpc) is 3.79. The third-order valence-corrected chi connectivity index (χ3v) is 8.77. The van der Waals surface area contributed by atoms with Crippen LogP contribution in [0.1, 0.15) is 60.6 Å². The Hall–Kier alpha value is -4.16. The molecule has 6 rings (SSSR count). The topological polar surface area (TPSA) is 104 Å². The van der Waals surface area contributed by atoms with Crippen molar-refractivity contribution in [2.75, 3.05) is 38.2 Å². The molecule has 224 valence electrons. The number of aryl methyl sites for hydroxylation is 1. The van der Waals surface area contributed by atoms with Gasteiger partial charge in [0.25, 0.3) is 5.91 Å². The van der Waals surface area contributed by atoms with E-state index in [1.54, 1.807) is 6.20 Å². The molecular formula is C34H40N6O3. The molecule has 3 atom stereocenters. The summed E-state index contributed by atoms with van der Waals surface area (Å²) in [5.74, 6) is 1.55. The summed E-state index contributed by atoms with van der Waals surface area (Å²) < 4.78 is 12.2. The molecule has 9 nitrogen and oxygen atoms in total. The Labute approximate surface area is 253 Å². The van der Waals surface area contributed by atoms with E-state index in [1.165, 1.54) is 0 Å². The first-order valence-electron chi connectivity index (χ1n) is 15.5. The van der Waals surface area contributed by atoms with Gasteiger partial charge in [-0.3, -0.25) is 4.79 Å². The minimum Gasteiger partial charge on any atom is -0.489 e. The van der Waals surface area contributed by atoms with Gasteiger partial charge in [-0.2, -0.15) is 5.26 Å². The van der Waals surface area contributed by atoms with E-state index in [2.05, 4.69) is 33.2 Å². The number of nitrogens with one attached hydrogen (secondary N) is 1. The number of likely N-dealkylation sites (N-methyl/N-ethyl adjacent to an activating group) is 1. The molecule has 1 aliphatic carbocycles. The quantitative estimate of drug-likeness (QED) is 0.378. The van der Waals surface area contributed by atoms with E-state index in [1.807, 2.05) is 56.3 Å².